The Labute approximate surface area is 125 Å². The quantitative estimate of drug-likeness (QED) is 0.747. The molecule has 0 spiro atoms. The first kappa shape index (κ1) is 16.6. The van der Waals surface area contributed by atoms with Gasteiger partial charge in [-0.25, -0.2) is 4.39 Å². The average molecular weight is 330 g/mol. The van der Waals surface area contributed by atoms with Crippen molar-refractivity contribution in [3.63, 3.8) is 0 Å². The Morgan fingerprint density at radius 2 is 2.05 bits per heavy atom. The average Bonchev–Trinajstić information content (AvgIpc) is 2.31. The molecule has 1 N–H and O–H groups in total. The van der Waals surface area contributed by atoms with Crippen molar-refractivity contribution in [1.82, 2.24) is 5.32 Å². The van der Waals surface area contributed by atoms with Crippen LogP contribution in [0.4, 0.5) is 4.39 Å². The van der Waals surface area contributed by atoms with Crippen LogP contribution in [0.3, 0.4) is 0 Å². The topological polar surface area (TPSA) is 12.0 Å². The Bertz CT molecular complexity index is 404. The highest BCUT2D eigenvalue weighted by molar-refractivity contribution is 9.10. The summed E-state index contributed by atoms with van der Waals surface area (Å²) in [5.74, 6) is -0.176. The molecule has 108 valence electrons. The maximum atomic E-state index is 13.5. The molecule has 3 heteroatoms. The summed E-state index contributed by atoms with van der Waals surface area (Å²) in [6.45, 7) is 9.94. The van der Waals surface area contributed by atoms with E-state index < -0.39 is 0 Å². The van der Waals surface area contributed by atoms with E-state index >= 15 is 0 Å². The minimum Gasteiger partial charge on any atom is -0.314 e. The van der Waals surface area contributed by atoms with Crippen molar-refractivity contribution in [3.05, 3.63) is 34.1 Å². The maximum Gasteiger partial charge on any atom is 0.137 e. The molecule has 0 heterocycles. The number of rotatable bonds is 7. The molecule has 0 saturated carbocycles. The van der Waals surface area contributed by atoms with E-state index in [4.69, 9.17) is 0 Å². The zero-order valence-electron chi connectivity index (χ0n) is 12.4. The molecule has 1 aromatic rings. The largest absolute Gasteiger partial charge is 0.314 e. The molecule has 1 unspecified atom stereocenters. The van der Waals surface area contributed by atoms with E-state index in [2.05, 4.69) is 48.9 Å². The zero-order chi connectivity index (χ0) is 14.5. The van der Waals surface area contributed by atoms with Gasteiger partial charge >= 0.3 is 0 Å². The molecule has 0 aromatic heterocycles. The van der Waals surface area contributed by atoms with E-state index in [9.17, 15) is 4.39 Å². The fourth-order valence-electron chi connectivity index (χ4n) is 2.56. The van der Waals surface area contributed by atoms with Crippen molar-refractivity contribution in [3.8, 4) is 0 Å². The number of hydrogen-bond donors (Lipinski definition) is 1. The van der Waals surface area contributed by atoms with Crippen molar-refractivity contribution in [2.45, 2.75) is 53.0 Å². The molecule has 0 saturated heterocycles. The van der Waals surface area contributed by atoms with Gasteiger partial charge in [-0.2, -0.15) is 0 Å². The first-order valence-electron chi connectivity index (χ1n) is 7.02. The number of halogens is 2. The van der Waals surface area contributed by atoms with Crippen molar-refractivity contribution in [2.75, 3.05) is 6.54 Å². The smallest absolute Gasteiger partial charge is 0.137 e. The summed E-state index contributed by atoms with van der Waals surface area (Å²) >= 11 is 3.35. The van der Waals surface area contributed by atoms with Gasteiger partial charge in [0, 0.05) is 6.04 Å². The highest BCUT2D eigenvalue weighted by Gasteiger charge is 2.23. The Balaban J connectivity index is 2.65. The second kappa shape index (κ2) is 7.39. The molecule has 0 bridgehead atoms. The van der Waals surface area contributed by atoms with Gasteiger partial charge in [0.1, 0.15) is 5.82 Å². The third-order valence-electron chi connectivity index (χ3n) is 3.30. The van der Waals surface area contributed by atoms with Crippen LogP contribution in [0.5, 0.6) is 0 Å². The molecular weight excluding hydrogens is 305 g/mol. The standard InChI is InChI=1S/C16H25BrFN/c1-5-9-19-12(2)10-16(3,4)11-13-7-6-8-14(18)15(13)17/h6-8,12,19H,5,9-11H2,1-4H3. The highest BCUT2D eigenvalue weighted by atomic mass is 79.9. The molecule has 0 aliphatic rings. The van der Waals surface area contributed by atoms with E-state index in [0.717, 1.165) is 31.4 Å². The summed E-state index contributed by atoms with van der Waals surface area (Å²) in [6, 6.07) is 5.76. The number of hydrogen-bond acceptors (Lipinski definition) is 1. The zero-order valence-corrected chi connectivity index (χ0v) is 14.0. The van der Waals surface area contributed by atoms with Crippen LogP contribution in [0, 0.1) is 11.2 Å². The molecule has 1 rings (SSSR count). The Hall–Kier alpha value is -0.410. The second-order valence-corrected chi connectivity index (χ2v) is 6.91. The van der Waals surface area contributed by atoms with Gasteiger partial charge in [-0.3, -0.25) is 0 Å². The number of nitrogens with one attached hydrogen (secondary N) is 1. The van der Waals surface area contributed by atoms with Gasteiger partial charge in [0.15, 0.2) is 0 Å². The molecule has 0 amide bonds. The van der Waals surface area contributed by atoms with Crippen LogP contribution in [0.1, 0.15) is 46.1 Å². The lowest BCUT2D eigenvalue weighted by Crippen LogP contribution is -2.32. The monoisotopic (exact) mass is 329 g/mol. The van der Waals surface area contributed by atoms with Crippen LogP contribution >= 0.6 is 15.9 Å². The summed E-state index contributed by atoms with van der Waals surface area (Å²) in [5.41, 5.74) is 1.20. The molecule has 1 nitrogen and oxygen atoms in total. The van der Waals surface area contributed by atoms with E-state index in [1.807, 2.05) is 6.07 Å². The third kappa shape index (κ3) is 5.62. The molecule has 0 fully saturated rings. The van der Waals surface area contributed by atoms with Crippen LogP contribution in [-0.2, 0) is 6.42 Å². The van der Waals surface area contributed by atoms with Crippen molar-refractivity contribution in [2.24, 2.45) is 5.41 Å². The first-order chi connectivity index (χ1) is 8.85. The van der Waals surface area contributed by atoms with E-state index in [1.54, 1.807) is 6.07 Å². The first-order valence-corrected chi connectivity index (χ1v) is 7.81. The van der Waals surface area contributed by atoms with Crippen molar-refractivity contribution >= 4 is 15.9 Å². The van der Waals surface area contributed by atoms with Gasteiger partial charge in [0.2, 0.25) is 0 Å². The van der Waals surface area contributed by atoms with Crippen LogP contribution in [0.25, 0.3) is 0 Å². The normalized spacial score (nSPS) is 13.6. The molecule has 19 heavy (non-hydrogen) atoms. The highest BCUT2D eigenvalue weighted by Crippen LogP contribution is 2.31. The maximum absolute atomic E-state index is 13.5. The predicted octanol–water partition coefficient (Wildman–Crippen LogP) is 4.94. The van der Waals surface area contributed by atoms with Gasteiger partial charge in [-0.1, -0.05) is 32.9 Å². The summed E-state index contributed by atoms with van der Waals surface area (Å²) < 4.78 is 14.1. The summed E-state index contributed by atoms with van der Waals surface area (Å²) in [7, 11) is 0. The Morgan fingerprint density at radius 3 is 2.68 bits per heavy atom. The van der Waals surface area contributed by atoms with Gasteiger partial charge in [-0.15, -0.1) is 0 Å². The number of benzene rings is 1. The molecule has 0 aliphatic carbocycles. The minimum absolute atomic E-state index is 0.149. The van der Waals surface area contributed by atoms with Crippen LogP contribution in [-0.4, -0.2) is 12.6 Å². The summed E-state index contributed by atoms with van der Waals surface area (Å²) in [4.78, 5) is 0. The van der Waals surface area contributed by atoms with Crippen LogP contribution < -0.4 is 5.32 Å². The fourth-order valence-corrected chi connectivity index (χ4v) is 2.97. The van der Waals surface area contributed by atoms with Crippen molar-refractivity contribution < 1.29 is 4.39 Å². The third-order valence-corrected chi connectivity index (χ3v) is 4.19. The summed E-state index contributed by atoms with van der Waals surface area (Å²) in [6.07, 6.45) is 3.11. The predicted molar refractivity (Wildman–Crippen MR) is 84.0 cm³/mol. The lowest BCUT2D eigenvalue weighted by molar-refractivity contribution is 0.286. The van der Waals surface area contributed by atoms with E-state index in [-0.39, 0.29) is 11.2 Å². The molecule has 1 atom stereocenters. The Morgan fingerprint density at radius 1 is 1.37 bits per heavy atom. The van der Waals surface area contributed by atoms with E-state index in [1.165, 1.54) is 6.07 Å². The van der Waals surface area contributed by atoms with Crippen LogP contribution in [0.2, 0.25) is 0 Å². The van der Waals surface area contributed by atoms with Gasteiger partial charge in [0.25, 0.3) is 0 Å². The molecule has 0 radical (unpaired) electrons. The lowest BCUT2D eigenvalue weighted by atomic mass is 9.80. The molecular formula is C16H25BrFN. The fraction of sp³-hybridized carbons (Fsp3) is 0.625. The van der Waals surface area contributed by atoms with E-state index in [0.29, 0.717) is 10.5 Å². The van der Waals surface area contributed by atoms with Gasteiger partial charge < -0.3 is 5.32 Å². The molecule has 0 aliphatic heterocycles. The van der Waals surface area contributed by atoms with Gasteiger partial charge in [-0.05, 0) is 65.7 Å². The molecule has 1 aromatic carbocycles. The van der Waals surface area contributed by atoms with Crippen molar-refractivity contribution in [1.29, 1.82) is 0 Å². The van der Waals surface area contributed by atoms with Crippen LogP contribution in [0.15, 0.2) is 22.7 Å². The minimum atomic E-state index is -0.176. The SMILES string of the molecule is CCCNC(C)CC(C)(C)Cc1cccc(F)c1Br. The van der Waals surface area contributed by atoms with Gasteiger partial charge in [0.05, 0.1) is 4.47 Å². The summed E-state index contributed by atoms with van der Waals surface area (Å²) in [5, 5.41) is 3.51. The second-order valence-electron chi connectivity index (χ2n) is 6.11. The Kier molecular flexibility index (Phi) is 6.48. The lowest BCUT2D eigenvalue weighted by Gasteiger charge is -2.29.